The van der Waals surface area contributed by atoms with Gasteiger partial charge in [0.25, 0.3) is 0 Å². The number of halogens is 1. The van der Waals surface area contributed by atoms with Crippen LogP contribution in [0.3, 0.4) is 0 Å². The van der Waals surface area contributed by atoms with Crippen LogP contribution in [0.4, 0.5) is 5.69 Å². The third-order valence-corrected chi connectivity index (χ3v) is 5.57. The first-order valence-electron chi connectivity index (χ1n) is 9.28. The van der Waals surface area contributed by atoms with E-state index in [-0.39, 0.29) is 24.0 Å². The van der Waals surface area contributed by atoms with Gasteiger partial charge >= 0.3 is 0 Å². The van der Waals surface area contributed by atoms with E-state index < -0.39 is 9.84 Å². The quantitative estimate of drug-likeness (QED) is 0.327. The number of hydrogen-bond acceptors (Lipinski definition) is 4. The maximum atomic E-state index is 11.7. The molecule has 2 aromatic carbocycles. The van der Waals surface area contributed by atoms with Gasteiger partial charge in [0, 0.05) is 39.1 Å². The minimum absolute atomic E-state index is 0. The molecule has 2 rings (SSSR count). The van der Waals surface area contributed by atoms with Gasteiger partial charge in [0.2, 0.25) is 0 Å². The predicted octanol–water partition coefficient (Wildman–Crippen LogP) is 3.34. The summed E-state index contributed by atoms with van der Waals surface area (Å²) in [6.45, 7) is 5.74. The summed E-state index contributed by atoms with van der Waals surface area (Å²) in [7, 11) is 0.841. The second-order valence-corrected chi connectivity index (χ2v) is 8.97. The molecular formula is C21H31IN4O2S. The zero-order valence-electron chi connectivity index (χ0n) is 17.7. The molecule has 0 heterocycles. The second-order valence-electron chi connectivity index (χ2n) is 6.98. The van der Waals surface area contributed by atoms with Crippen LogP contribution in [-0.2, 0) is 22.9 Å². The Bertz CT molecular complexity index is 926. The van der Waals surface area contributed by atoms with Crippen molar-refractivity contribution in [1.82, 2.24) is 10.6 Å². The van der Waals surface area contributed by atoms with Crippen molar-refractivity contribution in [3.05, 3.63) is 59.2 Å². The number of rotatable bonds is 7. The van der Waals surface area contributed by atoms with Crippen molar-refractivity contribution >= 4 is 45.5 Å². The van der Waals surface area contributed by atoms with Gasteiger partial charge in [-0.15, -0.1) is 24.0 Å². The highest BCUT2D eigenvalue weighted by Crippen LogP contribution is 2.17. The predicted molar refractivity (Wildman–Crippen MR) is 132 cm³/mol. The lowest BCUT2D eigenvalue weighted by atomic mass is 10.1. The Labute approximate surface area is 191 Å². The van der Waals surface area contributed by atoms with Gasteiger partial charge in [0.05, 0.1) is 11.4 Å². The minimum Gasteiger partial charge on any atom is -0.378 e. The number of aryl methyl sites for hydroxylation is 1. The van der Waals surface area contributed by atoms with Crippen LogP contribution in [-0.4, -0.2) is 41.3 Å². The molecule has 2 N–H and O–H groups in total. The molecule has 0 atom stereocenters. The lowest BCUT2D eigenvalue weighted by Crippen LogP contribution is -2.36. The van der Waals surface area contributed by atoms with Gasteiger partial charge < -0.3 is 15.5 Å². The minimum atomic E-state index is -3.20. The van der Waals surface area contributed by atoms with Gasteiger partial charge in [-0.3, -0.25) is 0 Å². The molecule has 2 aromatic rings. The fraction of sp³-hybridized carbons (Fsp3) is 0.381. The normalized spacial score (nSPS) is 11.6. The summed E-state index contributed by atoms with van der Waals surface area (Å²) in [6.07, 6.45) is 1.23. The van der Waals surface area contributed by atoms with E-state index in [0.717, 1.165) is 29.3 Å². The van der Waals surface area contributed by atoms with E-state index in [1.807, 2.05) is 40.1 Å². The van der Waals surface area contributed by atoms with Crippen molar-refractivity contribution < 1.29 is 8.42 Å². The average Bonchev–Trinajstić information content (AvgIpc) is 2.63. The number of nitrogens with zero attached hydrogens (tertiary/aromatic N) is 2. The SMILES string of the molecule is CCNC(=NCc1ccc(S(C)(=O)=O)c(C)c1)NCc1ccc(N(C)C)cc1.I. The topological polar surface area (TPSA) is 73.8 Å². The highest BCUT2D eigenvalue weighted by Gasteiger charge is 2.10. The molecule has 0 aromatic heterocycles. The van der Waals surface area contributed by atoms with Crippen molar-refractivity contribution in [2.75, 3.05) is 31.8 Å². The Morgan fingerprint density at radius 3 is 2.17 bits per heavy atom. The highest BCUT2D eigenvalue weighted by molar-refractivity contribution is 14.0. The van der Waals surface area contributed by atoms with Crippen molar-refractivity contribution in [3.8, 4) is 0 Å². The molecule has 6 nitrogen and oxygen atoms in total. The molecule has 0 radical (unpaired) electrons. The van der Waals surface area contributed by atoms with Crippen LogP contribution in [0.15, 0.2) is 52.4 Å². The molecule has 0 bridgehead atoms. The Hall–Kier alpha value is -1.81. The van der Waals surface area contributed by atoms with E-state index in [2.05, 4.69) is 44.8 Å². The third kappa shape index (κ3) is 7.85. The molecule has 0 aliphatic heterocycles. The first kappa shape index (κ1) is 25.2. The number of sulfone groups is 1. The number of guanidine groups is 1. The molecule has 0 fully saturated rings. The van der Waals surface area contributed by atoms with Gasteiger partial charge in [0.1, 0.15) is 0 Å². The van der Waals surface area contributed by atoms with Gasteiger partial charge in [-0.1, -0.05) is 24.3 Å². The summed E-state index contributed by atoms with van der Waals surface area (Å²) in [6, 6.07) is 13.7. The maximum Gasteiger partial charge on any atom is 0.191 e. The largest absolute Gasteiger partial charge is 0.378 e. The second kappa shape index (κ2) is 11.4. The molecule has 0 saturated heterocycles. The van der Waals surface area contributed by atoms with Gasteiger partial charge in [-0.05, 0) is 48.7 Å². The Kier molecular flexibility index (Phi) is 9.91. The zero-order valence-corrected chi connectivity index (χ0v) is 20.8. The lowest BCUT2D eigenvalue weighted by molar-refractivity contribution is 0.601. The molecule has 0 aliphatic carbocycles. The molecule has 0 saturated carbocycles. The Balaban J connectivity index is 0.00000420. The van der Waals surface area contributed by atoms with Crippen LogP contribution in [0.1, 0.15) is 23.6 Å². The smallest absolute Gasteiger partial charge is 0.191 e. The fourth-order valence-electron chi connectivity index (χ4n) is 2.84. The molecule has 0 aliphatic rings. The standard InChI is InChI=1S/C21H30N4O2S.HI/c1-6-22-21(23-14-17-7-10-19(11-8-17)25(3)4)24-15-18-9-12-20(16(2)13-18)28(5,26)27;/h7-13H,6,14-15H2,1-5H3,(H2,22,23,24);1H. The molecule has 29 heavy (non-hydrogen) atoms. The van der Waals surface area contributed by atoms with E-state index >= 15 is 0 Å². The number of nitrogens with one attached hydrogen (secondary N) is 2. The van der Waals surface area contributed by atoms with E-state index in [1.165, 1.54) is 11.8 Å². The van der Waals surface area contributed by atoms with Gasteiger partial charge in [0.15, 0.2) is 15.8 Å². The molecule has 0 amide bonds. The van der Waals surface area contributed by atoms with Crippen LogP contribution in [0.5, 0.6) is 0 Å². The van der Waals surface area contributed by atoms with Crippen molar-refractivity contribution in [1.29, 1.82) is 0 Å². The first-order chi connectivity index (χ1) is 13.2. The third-order valence-electron chi connectivity index (χ3n) is 4.32. The van der Waals surface area contributed by atoms with Gasteiger partial charge in [-0.2, -0.15) is 0 Å². The van der Waals surface area contributed by atoms with Crippen LogP contribution in [0, 0.1) is 6.92 Å². The van der Waals surface area contributed by atoms with Gasteiger partial charge in [-0.25, -0.2) is 13.4 Å². The van der Waals surface area contributed by atoms with E-state index in [1.54, 1.807) is 6.07 Å². The molecule has 8 heteroatoms. The number of hydrogen-bond donors (Lipinski definition) is 2. The molecule has 160 valence electrons. The van der Waals surface area contributed by atoms with Crippen molar-refractivity contribution in [2.24, 2.45) is 4.99 Å². The monoisotopic (exact) mass is 530 g/mol. The summed E-state index contributed by atoms with van der Waals surface area (Å²) in [5.41, 5.74) is 4.05. The van der Waals surface area contributed by atoms with E-state index in [4.69, 9.17) is 0 Å². The molecule has 0 unspecified atom stereocenters. The zero-order chi connectivity index (χ0) is 20.7. The average molecular weight is 530 g/mol. The Morgan fingerprint density at radius 1 is 1.03 bits per heavy atom. The highest BCUT2D eigenvalue weighted by atomic mass is 127. The summed E-state index contributed by atoms with van der Waals surface area (Å²) in [5.74, 6) is 0.726. The Morgan fingerprint density at radius 2 is 1.66 bits per heavy atom. The summed E-state index contributed by atoms with van der Waals surface area (Å²) in [4.78, 5) is 7.05. The summed E-state index contributed by atoms with van der Waals surface area (Å²) >= 11 is 0. The van der Waals surface area contributed by atoms with E-state index in [9.17, 15) is 8.42 Å². The molecule has 0 spiro atoms. The summed E-state index contributed by atoms with van der Waals surface area (Å²) < 4.78 is 23.5. The molecular weight excluding hydrogens is 499 g/mol. The summed E-state index contributed by atoms with van der Waals surface area (Å²) in [5, 5.41) is 6.57. The first-order valence-corrected chi connectivity index (χ1v) is 11.2. The number of benzene rings is 2. The van der Waals surface area contributed by atoms with Crippen LogP contribution in [0.25, 0.3) is 0 Å². The number of anilines is 1. The van der Waals surface area contributed by atoms with Crippen molar-refractivity contribution in [2.45, 2.75) is 31.8 Å². The fourth-order valence-corrected chi connectivity index (χ4v) is 3.79. The van der Waals surface area contributed by atoms with E-state index in [0.29, 0.717) is 18.0 Å². The maximum absolute atomic E-state index is 11.7. The van der Waals surface area contributed by atoms with Crippen LogP contribution >= 0.6 is 24.0 Å². The van der Waals surface area contributed by atoms with Crippen molar-refractivity contribution in [3.63, 3.8) is 0 Å². The number of aliphatic imine (C=N–C) groups is 1. The van der Waals surface area contributed by atoms with Crippen LogP contribution < -0.4 is 15.5 Å². The van der Waals surface area contributed by atoms with Crippen LogP contribution in [0.2, 0.25) is 0 Å². The lowest BCUT2D eigenvalue weighted by Gasteiger charge is -2.14.